The van der Waals surface area contributed by atoms with E-state index in [1.165, 1.54) is 68.6 Å². The largest absolute Gasteiger partial charge is 0.0654 e. The quantitative estimate of drug-likeness (QED) is 0.429. The summed E-state index contributed by atoms with van der Waals surface area (Å²) in [7, 11) is 0. The molecular formula is C17H32. The molecule has 0 N–H and O–H groups in total. The van der Waals surface area contributed by atoms with E-state index in [0.29, 0.717) is 0 Å². The minimum atomic E-state index is 1.01. The molecule has 2 aliphatic carbocycles. The maximum Gasteiger partial charge on any atom is -0.0318 e. The second kappa shape index (κ2) is 6.25. The molecule has 0 saturated heterocycles. The van der Waals surface area contributed by atoms with Gasteiger partial charge in [-0.25, -0.2) is 0 Å². The molecule has 17 heavy (non-hydrogen) atoms. The minimum absolute atomic E-state index is 1.01. The first-order chi connectivity index (χ1) is 8.29. The standard InChI is InChI=1S/C17H32/c1-4-6-8-10-13(3)12-15-16-14(17(15)16)11-9-7-5-2/h13-17H,4-12H2,1-3H3. The lowest BCUT2D eigenvalue weighted by molar-refractivity contribution is 0.346. The summed E-state index contributed by atoms with van der Waals surface area (Å²) >= 11 is 0. The van der Waals surface area contributed by atoms with Crippen LogP contribution in [0, 0.1) is 29.6 Å². The van der Waals surface area contributed by atoms with Crippen LogP contribution in [0.1, 0.15) is 78.6 Å². The first kappa shape index (κ1) is 13.4. The second-order valence-corrected chi connectivity index (χ2v) is 6.81. The molecule has 0 heterocycles. The molecule has 0 bridgehead atoms. The average molecular weight is 236 g/mol. The van der Waals surface area contributed by atoms with E-state index >= 15 is 0 Å². The highest BCUT2D eigenvalue weighted by molar-refractivity contribution is 5.18. The summed E-state index contributed by atoms with van der Waals surface area (Å²) in [6.07, 6.45) is 13.3. The molecular weight excluding hydrogens is 204 g/mol. The van der Waals surface area contributed by atoms with Crippen LogP contribution < -0.4 is 0 Å². The normalized spacial score (nSPS) is 35.5. The molecule has 0 aliphatic heterocycles. The molecule has 100 valence electrons. The Morgan fingerprint density at radius 2 is 1.47 bits per heavy atom. The molecule has 0 radical (unpaired) electrons. The van der Waals surface area contributed by atoms with Crippen molar-refractivity contribution in [3.63, 3.8) is 0 Å². The van der Waals surface area contributed by atoms with Gasteiger partial charge in [0.05, 0.1) is 0 Å². The summed E-state index contributed by atoms with van der Waals surface area (Å²) in [5.41, 5.74) is 0. The zero-order chi connectivity index (χ0) is 12.3. The van der Waals surface area contributed by atoms with Crippen LogP contribution in [0.15, 0.2) is 0 Å². The number of hydrogen-bond acceptors (Lipinski definition) is 0. The van der Waals surface area contributed by atoms with Crippen molar-refractivity contribution in [2.24, 2.45) is 29.6 Å². The highest BCUT2D eigenvalue weighted by atomic mass is 14.8. The van der Waals surface area contributed by atoms with E-state index in [0.717, 1.165) is 5.92 Å². The van der Waals surface area contributed by atoms with Gasteiger partial charge >= 0.3 is 0 Å². The van der Waals surface area contributed by atoms with Crippen molar-refractivity contribution in [1.82, 2.24) is 0 Å². The Morgan fingerprint density at radius 1 is 0.824 bits per heavy atom. The van der Waals surface area contributed by atoms with Crippen molar-refractivity contribution >= 4 is 0 Å². The van der Waals surface area contributed by atoms with E-state index in [1.54, 1.807) is 12.8 Å². The smallest absolute Gasteiger partial charge is 0.0318 e. The van der Waals surface area contributed by atoms with Crippen molar-refractivity contribution in [2.45, 2.75) is 78.6 Å². The van der Waals surface area contributed by atoms with Gasteiger partial charge in [-0.2, -0.15) is 0 Å². The molecule has 2 rings (SSSR count). The van der Waals surface area contributed by atoms with Crippen molar-refractivity contribution in [1.29, 1.82) is 0 Å². The molecule has 2 saturated carbocycles. The van der Waals surface area contributed by atoms with Crippen LogP contribution in [-0.2, 0) is 0 Å². The highest BCUT2D eigenvalue weighted by Gasteiger charge is 2.71. The van der Waals surface area contributed by atoms with Gasteiger partial charge in [-0.15, -0.1) is 0 Å². The molecule has 0 aromatic rings. The second-order valence-electron chi connectivity index (χ2n) is 6.81. The van der Waals surface area contributed by atoms with Gasteiger partial charge in [0.15, 0.2) is 0 Å². The predicted octanol–water partition coefficient (Wildman–Crippen LogP) is 5.67. The summed E-state index contributed by atoms with van der Waals surface area (Å²) in [4.78, 5) is 0. The highest BCUT2D eigenvalue weighted by Crippen LogP contribution is 2.76. The first-order valence-electron chi connectivity index (χ1n) is 8.29. The van der Waals surface area contributed by atoms with Crippen LogP contribution in [-0.4, -0.2) is 0 Å². The zero-order valence-corrected chi connectivity index (χ0v) is 12.3. The third kappa shape index (κ3) is 3.48. The molecule has 2 aliphatic rings. The molecule has 0 aromatic carbocycles. The first-order valence-corrected chi connectivity index (χ1v) is 8.29. The van der Waals surface area contributed by atoms with E-state index in [9.17, 15) is 0 Å². The molecule has 3 atom stereocenters. The Balaban J connectivity index is 1.46. The molecule has 0 amide bonds. The van der Waals surface area contributed by atoms with E-state index < -0.39 is 0 Å². The van der Waals surface area contributed by atoms with Gasteiger partial charge in [0.1, 0.15) is 0 Å². The Hall–Kier alpha value is 0. The van der Waals surface area contributed by atoms with Crippen molar-refractivity contribution < 1.29 is 0 Å². The van der Waals surface area contributed by atoms with E-state index in [2.05, 4.69) is 20.8 Å². The summed E-state index contributed by atoms with van der Waals surface area (Å²) < 4.78 is 0. The van der Waals surface area contributed by atoms with Crippen LogP contribution in [0.2, 0.25) is 0 Å². The molecule has 0 aromatic heterocycles. The fourth-order valence-electron chi connectivity index (χ4n) is 4.00. The van der Waals surface area contributed by atoms with Crippen LogP contribution in [0.3, 0.4) is 0 Å². The van der Waals surface area contributed by atoms with Gasteiger partial charge in [0.25, 0.3) is 0 Å². The summed E-state index contributed by atoms with van der Waals surface area (Å²) in [5.74, 6) is 5.80. The lowest BCUT2D eigenvalue weighted by Gasteiger charge is -2.16. The molecule has 3 unspecified atom stereocenters. The van der Waals surface area contributed by atoms with Crippen LogP contribution in [0.25, 0.3) is 0 Å². The maximum atomic E-state index is 2.49. The monoisotopic (exact) mass is 236 g/mol. The van der Waals surface area contributed by atoms with Crippen LogP contribution in [0.4, 0.5) is 0 Å². The Kier molecular flexibility index (Phi) is 4.94. The lowest BCUT2D eigenvalue weighted by Crippen LogP contribution is -2.06. The third-order valence-corrected chi connectivity index (χ3v) is 5.26. The van der Waals surface area contributed by atoms with Crippen molar-refractivity contribution in [3.05, 3.63) is 0 Å². The predicted molar refractivity (Wildman–Crippen MR) is 76.0 cm³/mol. The number of hydrogen-bond donors (Lipinski definition) is 0. The SMILES string of the molecule is CCCCCC(C)CC1C2C(CCCCC)C12. The molecule has 2 fully saturated rings. The summed E-state index contributed by atoms with van der Waals surface area (Å²) in [6, 6.07) is 0. The fraction of sp³-hybridized carbons (Fsp3) is 1.00. The van der Waals surface area contributed by atoms with Gasteiger partial charge < -0.3 is 0 Å². The van der Waals surface area contributed by atoms with Crippen LogP contribution >= 0.6 is 0 Å². The number of rotatable bonds is 10. The Morgan fingerprint density at radius 3 is 2.12 bits per heavy atom. The third-order valence-electron chi connectivity index (χ3n) is 5.26. The van der Waals surface area contributed by atoms with E-state index in [-0.39, 0.29) is 0 Å². The average Bonchev–Trinajstić information content (AvgIpc) is 3.19. The summed E-state index contributed by atoms with van der Waals surface area (Å²) in [5, 5.41) is 0. The number of fused-ring (bicyclic) bond motifs is 1. The topological polar surface area (TPSA) is 0 Å². The summed E-state index contributed by atoms with van der Waals surface area (Å²) in [6.45, 7) is 7.11. The molecule has 0 nitrogen and oxygen atoms in total. The van der Waals surface area contributed by atoms with Gasteiger partial charge in [-0.3, -0.25) is 0 Å². The van der Waals surface area contributed by atoms with E-state index in [4.69, 9.17) is 0 Å². The Bertz CT molecular complexity index is 210. The zero-order valence-electron chi connectivity index (χ0n) is 12.3. The van der Waals surface area contributed by atoms with Gasteiger partial charge in [-0.05, 0) is 42.4 Å². The molecule has 0 heteroatoms. The van der Waals surface area contributed by atoms with Gasteiger partial charge in [0.2, 0.25) is 0 Å². The van der Waals surface area contributed by atoms with Crippen molar-refractivity contribution in [2.75, 3.05) is 0 Å². The minimum Gasteiger partial charge on any atom is -0.0654 e. The van der Waals surface area contributed by atoms with Gasteiger partial charge in [0, 0.05) is 0 Å². The van der Waals surface area contributed by atoms with Gasteiger partial charge in [-0.1, -0.05) is 65.7 Å². The van der Waals surface area contributed by atoms with Crippen molar-refractivity contribution in [3.8, 4) is 0 Å². The van der Waals surface area contributed by atoms with Crippen LogP contribution in [0.5, 0.6) is 0 Å². The number of unbranched alkanes of at least 4 members (excludes halogenated alkanes) is 4. The van der Waals surface area contributed by atoms with E-state index in [1.807, 2.05) is 0 Å². The lowest BCUT2D eigenvalue weighted by atomic mass is 9.90. The molecule has 0 spiro atoms. The Labute approximate surface area is 109 Å². The maximum absolute atomic E-state index is 2.49. The fourth-order valence-corrected chi connectivity index (χ4v) is 4.00.